The predicted molar refractivity (Wildman–Crippen MR) is 130 cm³/mol. The van der Waals surface area contributed by atoms with Gasteiger partial charge < -0.3 is 15.0 Å². The summed E-state index contributed by atoms with van der Waals surface area (Å²) in [5.41, 5.74) is 3.28. The van der Waals surface area contributed by atoms with Gasteiger partial charge in [0, 0.05) is 44.5 Å². The monoisotopic (exact) mass is 480 g/mol. The number of amides is 1. The van der Waals surface area contributed by atoms with Crippen LogP contribution in [0.1, 0.15) is 47.4 Å². The highest BCUT2D eigenvalue weighted by atomic mass is 32.2. The van der Waals surface area contributed by atoms with Crippen molar-refractivity contribution < 1.29 is 9.90 Å². The number of fused-ring (bicyclic) bond motifs is 1. The Morgan fingerprint density at radius 1 is 1.21 bits per heavy atom. The van der Waals surface area contributed by atoms with Crippen LogP contribution < -0.4 is 5.32 Å². The van der Waals surface area contributed by atoms with Crippen LogP contribution >= 0.6 is 12.1 Å². The molecule has 34 heavy (non-hydrogen) atoms. The van der Waals surface area contributed by atoms with Crippen molar-refractivity contribution in [3.63, 3.8) is 0 Å². The van der Waals surface area contributed by atoms with Gasteiger partial charge in [0.2, 0.25) is 0 Å². The van der Waals surface area contributed by atoms with E-state index in [4.69, 9.17) is 0 Å². The van der Waals surface area contributed by atoms with Crippen molar-refractivity contribution in [1.82, 2.24) is 33.3 Å². The van der Waals surface area contributed by atoms with Crippen LogP contribution in [0, 0.1) is 0 Å². The molecule has 2 aliphatic heterocycles. The average Bonchev–Trinajstić information content (AvgIpc) is 3.56. The van der Waals surface area contributed by atoms with Gasteiger partial charge in [-0.1, -0.05) is 6.07 Å². The third-order valence-corrected chi connectivity index (χ3v) is 7.26. The van der Waals surface area contributed by atoms with E-state index in [9.17, 15) is 9.90 Å². The average molecular weight is 481 g/mol. The Morgan fingerprint density at radius 3 is 2.88 bits per heavy atom. The van der Waals surface area contributed by atoms with Gasteiger partial charge in [0.1, 0.15) is 23.5 Å². The number of hydrogen-bond donors (Lipinski definition) is 2. The predicted octanol–water partition coefficient (Wildman–Crippen LogP) is 2.56. The summed E-state index contributed by atoms with van der Waals surface area (Å²) in [6.45, 7) is 5.88. The number of carbonyl (C=O) groups excluding carboxylic acids is 1. The molecule has 5 heterocycles. The number of aliphatic hydroxyl groups excluding tert-OH is 1. The lowest BCUT2D eigenvalue weighted by Crippen LogP contribution is -2.29. The Labute approximate surface area is 202 Å². The minimum absolute atomic E-state index is 0.0422. The van der Waals surface area contributed by atoms with Crippen LogP contribution in [-0.4, -0.2) is 70.6 Å². The SMILES string of the molecule is CC(CO)n1cnnc1-c1cccc(NC(=O)c2cc3c(cn2)CCN(SN2CCCC2)C3)n1. The van der Waals surface area contributed by atoms with E-state index in [0.717, 1.165) is 38.2 Å². The molecule has 3 aromatic rings. The van der Waals surface area contributed by atoms with Gasteiger partial charge in [-0.05, 0) is 55.5 Å². The van der Waals surface area contributed by atoms with Gasteiger partial charge in [-0.25, -0.2) is 13.6 Å². The van der Waals surface area contributed by atoms with E-state index in [1.54, 1.807) is 29.1 Å². The zero-order valence-corrected chi connectivity index (χ0v) is 19.9. The lowest BCUT2D eigenvalue weighted by atomic mass is 10.0. The van der Waals surface area contributed by atoms with Crippen molar-refractivity contribution in [3.05, 3.63) is 53.6 Å². The quantitative estimate of drug-likeness (QED) is 0.493. The van der Waals surface area contributed by atoms with Crippen LogP contribution in [0.3, 0.4) is 0 Å². The van der Waals surface area contributed by atoms with Crippen LogP contribution in [0.5, 0.6) is 0 Å². The first kappa shape index (κ1) is 22.9. The number of aromatic nitrogens is 5. The van der Waals surface area contributed by atoms with Gasteiger partial charge in [0.15, 0.2) is 5.82 Å². The molecule has 11 heteroatoms. The smallest absolute Gasteiger partial charge is 0.275 e. The Balaban J connectivity index is 1.29. The molecule has 1 fully saturated rings. The Hall–Kier alpha value is -2.86. The van der Waals surface area contributed by atoms with Crippen LogP contribution in [0.4, 0.5) is 5.82 Å². The number of aliphatic hydroxyl groups is 1. The molecule has 2 N–H and O–H groups in total. The summed E-state index contributed by atoms with van der Waals surface area (Å²) in [5, 5.41) is 20.4. The molecular formula is C23H28N8O2S. The highest BCUT2D eigenvalue weighted by Gasteiger charge is 2.23. The van der Waals surface area contributed by atoms with Gasteiger partial charge in [0.25, 0.3) is 5.91 Å². The topological polar surface area (TPSA) is 112 Å². The number of rotatable bonds is 7. The molecule has 1 amide bonds. The number of hydrogen-bond acceptors (Lipinski definition) is 9. The molecule has 0 aliphatic carbocycles. The fraction of sp³-hybridized carbons (Fsp3) is 0.435. The summed E-state index contributed by atoms with van der Waals surface area (Å²) >= 11 is 1.82. The molecule has 1 saturated heterocycles. The number of anilines is 1. The van der Waals surface area contributed by atoms with E-state index < -0.39 is 0 Å². The summed E-state index contributed by atoms with van der Waals surface area (Å²) in [6.07, 6.45) is 6.84. The molecule has 10 nitrogen and oxygen atoms in total. The number of nitrogens with zero attached hydrogens (tertiary/aromatic N) is 7. The molecule has 1 unspecified atom stereocenters. The minimum Gasteiger partial charge on any atom is -0.394 e. The molecule has 3 aromatic heterocycles. The Bertz CT molecular complexity index is 1160. The standard InChI is InChI=1S/C23H28N8O2S/c1-16(14-32)31-15-25-28-22(31)19-5-4-6-21(26-19)27-23(33)20-11-18-13-30(10-7-17(18)12-24-20)34-29-8-2-3-9-29/h4-6,11-12,15-16,32H,2-3,7-10,13-14H2,1H3,(H,26,27,33). The van der Waals surface area contributed by atoms with Gasteiger partial charge in [-0.3, -0.25) is 9.78 Å². The first-order chi connectivity index (χ1) is 16.6. The first-order valence-electron chi connectivity index (χ1n) is 11.6. The Kier molecular flexibility index (Phi) is 6.86. The summed E-state index contributed by atoms with van der Waals surface area (Å²) < 4.78 is 6.54. The summed E-state index contributed by atoms with van der Waals surface area (Å²) in [6, 6.07) is 7.03. The maximum atomic E-state index is 13.0. The van der Waals surface area contributed by atoms with E-state index in [1.165, 1.54) is 18.4 Å². The molecule has 178 valence electrons. The molecule has 5 rings (SSSR count). The summed E-state index contributed by atoms with van der Waals surface area (Å²) in [5.74, 6) is 0.626. The van der Waals surface area contributed by atoms with Gasteiger partial charge in [-0.15, -0.1) is 10.2 Å². The van der Waals surface area contributed by atoms with Gasteiger partial charge in [0.05, 0.1) is 12.6 Å². The third kappa shape index (κ3) is 4.97. The third-order valence-electron chi connectivity index (χ3n) is 6.12. The van der Waals surface area contributed by atoms with Crippen LogP contribution in [-0.2, 0) is 13.0 Å². The first-order valence-corrected chi connectivity index (χ1v) is 12.3. The summed E-state index contributed by atoms with van der Waals surface area (Å²) in [4.78, 5) is 21.9. The van der Waals surface area contributed by atoms with E-state index >= 15 is 0 Å². The second-order valence-electron chi connectivity index (χ2n) is 8.63. The zero-order valence-electron chi connectivity index (χ0n) is 19.1. The van der Waals surface area contributed by atoms with Gasteiger partial charge in [-0.2, -0.15) is 0 Å². The van der Waals surface area contributed by atoms with E-state index in [-0.39, 0.29) is 18.6 Å². The normalized spacial score (nSPS) is 17.5. The maximum Gasteiger partial charge on any atom is 0.275 e. The molecule has 1 atom stereocenters. The largest absolute Gasteiger partial charge is 0.394 e. The molecular weight excluding hydrogens is 452 g/mol. The molecule has 0 saturated carbocycles. The maximum absolute atomic E-state index is 13.0. The molecule has 0 spiro atoms. The highest BCUT2D eigenvalue weighted by Crippen LogP contribution is 2.29. The van der Waals surface area contributed by atoms with Crippen molar-refractivity contribution in [1.29, 1.82) is 0 Å². The van der Waals surface area contributed by atoms with Crippen molar-refractivity contribution in [2.75, 3.05) is 31.6 Å². The fourth-order valence-electron chi connectivity index (χ4n) is 4.18. The van der Waals surface area contributed by atoms with Gasteiger partial charge >= 0.3 is 0 Å². The van der Waals surface area contributed by atoms with Crippen LogP contribution in [0.25, 0.3) is 11.5 Å². The summed E-state index contributed by atoms with van der Waals surface area (Å²) in [7, 11) is 0. The molecule has 0 aromatic carbocycles. The zero-order chi connectivity index (χ0) is 23.5. The lowest BCUT2D eigenvalue weighted by molar-refractivity contribution is 0.102. The minimum atomic E-state index is -0.304. The Morgan fingerprint density at radius 2 is 2.06 bits per heavy atom. The van der Waals surface area contributed by atoms with E-state index in [0.29, 0.717) is 23.0 Å². The molecule has 0 bridgehead atoms. The van der Waals surface area contributed by atoms with Crippen molar-refractivity contribution in [2.24, 2.45) is 0 Å². The van der Waals surface area contributed by atoms with E-state index in [2.05, 4.69) is 34.1 Å². The fourth-order valence-corrected chi connectivity index (χ4v) is 5.30. The van der Waals surface area contributed by atoms with Crippen LogP contribution in [0.2, 0.25) is 0 Å². The van der Waals surface area contributed by atoms with E-state index in [1.807, 2.05) is 31.3 Å². The number of carbonyl (C=O) groups is 1. The number of pyridine rings is 2. The second-order valence-corrected chi connectivity index (χ2v) is 9.82. The number of nitrogens with one attached hydrogen (secondary N) is 1. The highest BCUT2D eigenvalue weighted by molar-refractivity contribution is 7.94. The molecule has 2 aliphatic rings. The van der Waals surface area contributed by atoms with Crippen molar-refractivity contribution >= 4 is 23.9 Å². The van der Waals surface area contributed by atoms with Crippen molar-refractivity contribution in [3.8, 4) is 11.5 Å². The second kappa shape index (κ2) is 10.2. The van der Waals surface area contributed by atoms with Crippen LogP contribution in [0.15, 0.2) is 36.8 Å². The lowest BCUT2D eigenvalue weighted by Gasteiger charge is -2.30. The molecule has 0 radical (unpaired) electrons. The van der Waals surface area contributed by atoms with Crippen molar-refractivity contribution in [2.45, 2.75) is 38.8 Å².